The molecule has 1 heterocycles. The normalized spacial score (nSPS) is 15.3. The number of amides is 1. The Morgan fingerprint density at radius 3 is 2.28 bits per heavy atom. The summed E-state index contributed by atoms with van der Waals surface area (Å²) in [6.07, 6.45) is 1.27. The predicted molar refractivity (Wildman–Crippen MR) is 125 cm³/mol. The van der Waals surface area contributed by atoms with Crippen LogP contribution in [0.1, 0.15) is 19.3 Å². The van der Waals surface area contributed by atoms with Crippen molar-refractivity contribution in [2.45, 2.75) is 28.9 Å². The Bertz CT molecular complexity index is 1370. The Hall–Kier alpha value is -3.16. The van der Waals surface area contributed by atoms with E-state index in [0.29, 0.717) is 30.0 Å². The van der Waals surface area contributed by atoms with Gasteiger partial charge < -0.3 is 10.3 Å². The Balaban J connectivity index is 1.38. The minimum Gasteiger partial charge on any atom is -0.338 e. The minimum atomic E-state index is -3.85. The molecular formula is C24H20ClN3O3S. The number of fused-ring (bicyclic) bond motifs is 1. The van der Waals surface area contributed by atoms with Crippen LogP contribution in [0.3, 0.4) is 0 Å². The molecule has 32 heavy (non-hydrogen) atoms. The molecule has 0 bridgehead atoms. The molecule has 0 radical (unpaired) electrons. The molecule has 0 atom stereocenters. The van der Waals surface area contributed by atoms with Crippen molar-refractivity contribution < 1.29 is 13.2 Å². The molecule has 1 amide bonds. The second-order valence-electron chi connectivity index (χ2n) is 7.94. The second kappa shape index (κ2) is 7.76. The lowest BCUT2D eigenvalue weighted by Gasteiger charge is -2.39. The standard InChI is InChI=1S/C24H20ClN3O3S/c25-17-8-12-19(13-9-17)32(30,31)24(14-3-15-24)23(29)26-18-10-6-16(7-11-18)22-27-20-4-1-2-5-21(20)28-22/h1-2,4-13H,3,14-15H2,(H,26,29)(H,27,28). The number of imidazole rings is 1. The van der Waals surface area contributed by atoms with Gasteiger partial charge in [-0.25, -0.2) is 13.4 Å². The minimum absolute atomic E-state index is 0.108. The highest BCUT2D eigenvalue weighted by Gasteiger charge is 2.55. The topological polar surface area (TPSA) is 91.9 Å². The maximum absolute atomic E-state index is 13.3. The van der Waals surface area contributed by atoms with Crippen molar-refractivity contribution >= 4 is 44.1 Å². The number of hydrogen-bond donors (Lipinski definition) is 2. The molecule has 6 nitrogen and oxygen atoms in total. The molecule has 3 aromatic carbocycles. The first-order valence-electron chi connectivity index (χ1n) is 10.3. The summed E-state index contributed by atoms with van der Waals surface area (Å²) in [5.74, 6) is 0.222. The molecule has 162 valence electrons. The Morgan fingerprint density at radius 2 is 1.66 bits per heavy atom. The van der Waals surface area contributed by atoms with Gasteiger partial charge in [0.15, 0.2) is 14.6 Å². The maximum atomic E-state index is 13.3. The van der Waals surface area contributed by atoms with Crippen LogP contribution in [0.5, 0.6) is 0 Å². The van der Waals surface area contributed by atoms with Crippen molar-refractivity contribution in [1.29, 1.82) is 0 Å². The highest BCUT2D eigenvalue weighted by atomic mass is 35.5. The number of nitrogens with one attached hydrogen (secondary N) is 2. The first-order valence-corrected chi connectivity index (χ1v) is 12.1. The fourth-order valence-corrected chi connectivity index (χ4v) is 6.19. The van der Waals surface area contributed by atoms with E-state index < -0.39 is 20.5 Å². The largest absolute Gasteiger partial charge is 0.338 e. The zero-order valence-electron chi connectivity index (χ0n) is 17.0. The number of carbonyl (C=O) groups is 1. The molecule has 2 N–H and O–H groups in total. The third-order valence-corrected chi connectivity index (χ3v) is 8.79. The maximum Gasteiger partial charge on any atom is 0.246 e. The zero-order chi connectivity index (χ0) is 22.3. The first kappa shape index (κ1) is 20.7. The molecule has 0 spiro atoms. The van der Waals surface area contributed by atoms with Gasteiger partial charge in [-0.3, -0.25) is 4.79 Å². The lowest BCUT2D eigenvalue weighted by molar-refractivity contribution is -0.120. The van der Waals surface area contributed by atoms with Gasteiger partial charge in [0.1, 0.15) is 5.82 Å². The molecule has 1 aliphatic carbocycles. The second-order valence-corrected chi connectivity index (χ2v) is 10.6. The molecule has 0 unspecified atom stereocenters. The van der Waals surface area contributed by atoms with E-state index in [9.17, 15) is 13.2 Å². The summed E-state index contributed by atoms with van der Waals surface area (Å²) in [5, 5.41) is 3.25. The summed E-state index contributed by atoms with van der Waals surface area (Å²) in [6, 6.07) is 20.9. The van der Waals surface area contributed by atoms with E-state index in [4.69, 9.17) is 11.6 Å². The van der Waals surface area contributed by atoms with Crippen LogP contribution in [0.2, 0.25) is 5.02 Å². The van der Waals surface area contributed by atoms with E-state index in [1.807, 2.05) is 36.4 Å². The number of para-hydroxylation sites is 2. The molecule has 0 saturated heterocycles. The Kier molecular flexibility index (Phi) is 5.03. The zero-order valence-corrected chi connectivity index (χ0v) is 18.6. The van der Waals surface area contributed by atoms with Crippen LogP contribution < -0.4 is 5.32 Å². The molecule has 5 rings (SSSR count). The number of aromatic amines is 1. The predicted octanol–water partition coefficient (Wildman–Crippen LogP) is 5.22. The highest BCUT2D eigenvalue weighted by molar-refractivity contribution is 7.93. The van der Waals surface area contributed by atoms with Crippen molar-refractivity contribution in [3.05, 3.63) is 77.8 Å². The van der Waals surface area contributed by atoms with Gasteiger partial charge in [0.25, 0.3) is 0 Å². The quantitative estimate of drug-likeness (QED) is 0.422. The fourth-order valence-electron chi connectivity index (χ4n) is 4.00. The average Bonchev–Trinajstić information content (AvgIpc) is 3.18. The van der Waals surface area contributed by atoms with E-state index >= 15 is 0 Å². The summed E-state index contributed by atoms with van der Waals surface area (Å²) < 4.78 is 25.1. The number of rotatable bonds is 5. The summed E-state index contributed by atoms with van der Waals surface area (Å²) in [7, 11) is -3.85. The molecule has 4 aromatic rings. The van der Waals surface area contributed by atoms with Gasteiger partial charge in [0.05, 0.1) is 15.9 Å². The van der Waals surface area contributed by atoms with Crippen molar-refractivity contribution in [2.24, 2.45) is 0 Å². The Labute approximate surface area is 190 Å². The van der Waals surface area contributed by atoms with Crippen LogP contribution >= 0.6 is 11.6 Å². The lowest BCUT2D eigenvalue weighted by Crippen LogP contribution is -2.54. The fraction of sp³-hybridized carbons (Fsp3) is 0.167. The van der Waals surface area contributed by atoms with E-state index in [1.54, 1.807) is 12.1 Å². The third kappa shape index (κ3) is 3.38. The SMILES string of the molecule is O=C(Nc1ccc(-c2nc3ccccc3[nH]2)cc1)C1(S(=O)(=O)c2ccc(Cl)cc2)CCC1. The van der Waals surface area contributed by atoms with E-state index in [2.05, 4.69) is 15.3 Å². The first-order chi connectivity index (χ1) is 15.4. The van der Waals surface area contributed by atoms with Gasteiger partial charge in [0.2, 0.25) is 5.91 Å². The van der Waals surface area contributed by atoms with Gasteiger partial charge in [-0.15, -0.1) is 0 Å². The number of nitrogens with zero attached hydrogens (tertiary/aromatic N) is 1. The van der Waals surface area contributed by atoms with Gasteiger partial charge in [-0.05, 0) is 79.9 Å². The lowest BCUT2D eigenvalue weighted by atomic mass is 9.83. The number of carbonyl (C=O) groups excluding carboxylic acids is 1. The van der Waals surface area contributed by atoms with Gasteiger partial charge >= 0.3 is 0 Å². The molecule has 1 fully saturated rings. The average molecular weight is 466 g/mol. The van der Waals surface area contributed by atoms with E-state index in [-0.39, 0.29) is 4.90 Å². The van der Waals surface area contributed by atoms with Crippen molar-refractivity contribution in [3.63, 3.8) is 0 Å². The number of benzene rings is 3. The van der Waals surface area contributed by atoms with Crippen LogP contribution in [0.4, 0.5) is 5.69 Å². The molecule has 1 saturated carbocycles. The molecule has 8 heteroatoms. The number of halogens is 1. The summed E-state index contributed by atoms with van der Waals surface area (Å²) in [4.78, 5) is 21.1. The number of aromatic nitrogens is 2. The third-order valence-electron chi connectivity index (χ3n) is 6.02. The van der Waals surface area contributed by atoms with Crippen molar-refractivity contribution in [3.8, 4) is 11.4 Å². The smallest absolute Gasteiger partial charge is 0.246 e. The van der Waals surface area contributed by atoms with Crippen LogP contribution in [-0.2, 0) is 14.6 Å². The summed E-state index contributed by atoms with van der Waals surface area (Å²) in [6.45, 7) is 0. The number of hydrogen-bond acceptors (Lipinski definition) is 4. The number of anilines is 1. The van der Waals surface area contributed by atoms with E-state index in [1.165, 1.54) is 24.3 Å². The van der Waals surface area contributed by atoms with Crippen LogP contribution in [0, 0.1) is 0 Å². The van der Waals surface area contributed by atoms with E-state index in [0.717, 1.165) is 22.4 Å². The molecule has 0 aliphatic heterocycles. The Morgan fingerprint density at radius 1 is 0.969 bits per heavy atom. The van der Waals surface area contributed by atoms with Crippen LogP contribution in [0.25, 0.3) is 22.4 Å². The molecule has 1 aliphatic rings. The molecule has 1 aromatic heterocycles. The van der Waals surface area contributed by atoms with Gasteiger partial charge in [-0.1, -0.05) is 23.7 Å². The van der Waals surface area contributed by atoms with Crippen LogP contribution in [0.15, 0.2) is 77.7 Å². The monoisotopic (exact) mass is 465 g/mol. The number of H-pyrrole nitrogens is 1. The van der Waals surface area contributed by atoms with Crippen molar-refractivity contribution in [2.75, 3.05) is 5.32 Å². The van der Waals surface area contributed by atoms with Crippen LogP contribution in [-0.4, -0.2) is 29.0 Å². The van der Waals surface area contributed by atoms with Crippen molar-refractivity contribution in [1.82, 2.24) is 9.97 Å². The highest BCUT2D eigenvalue weighted by Crippen LogP contribution is 2.44. The molecular weight excluding hydrogens is 446 g/mol. The van der Waals surface area contributed by atoms with Gasteiger partial charge in [0, 0.05) is 16.3 Å². The summed E-state index contributed by atoms with van der Waals surface area (Å²) in [5.41, 5.74) is 3.22. The summed E-state index contributed by atoms with van der Waals surface area (Å²) >= 11 is 5.89. The van der Waals surface area contributed by atoms with Gasteiger partial charge in [-0.2, -0.15) is 0 Å². The number of sulfone groups is 1.